The third kappa shape index (κ3) is 3.25. The van der Waals surface area contributed by atoms with Crippen molar-refractivity contribution in [3.05, 3.63) is 113 Å². The molecular formula is C31H20BrNO4. The van der Waals surface area contributed by atoms with Crippen molar-refractivity contribution in [2.45, 2.75) is 5.92 Å². The largest absolute Gasteiger partial charge is 0.425 e. The van der Waals surface area contributed by atoms with Gasteiger partial charge in [-0.2, -0.15) is 0 Å². The Hall–Kier alpha value is -4.03. The van der Waals surface area contributed by atoms with Gasteiger partial charge in [0.15, 0.2) is 0 Å². The van der Waals surface area contributed by atoms with Crippen LogP contribution in [0.2, 0.25) is 0 Å². The topological polar surface area (TPSA) is 63.7 Å². The van der Waals surface area contributed by atoms with E-state index in [-0.39, 0.29) is 17.7 Å². The van der Waals surface area contributed by atoms with Gasteiger partial charge in [-0.15, -0.1) is 0 Å². The first-order valence-electron chi connectivity index (χ1n) is 12.2. The SMILES string of the molecule is O=C1Oc2ccc3ccccc3c2C2=C[C@H](c3ccccc3)[C@@H]3C(=O)N(c4cccc(Br)c4)C(=O)[C@@H]3[C@H]12. The van der Waals surface area contributed by atoms with Gasteiger partial charge in [0.25, 0.3) is 0 Å². The predicted octanol–water partition coefficient (Wildman–Crippen LogP) is 6.12. The molecule has 0 bridgehead atoms. The van der Waals surface area contributed by atoms with Crippen molar-refractivity contribution >= 4 is 55.7 Å². The molecule has 180 valence electrons. The second-order valence-electron chi connectivity index (χ2n) is 9.66. The molecule has 0 aromatic heterocycles. The van der Waals surface area contributed by atoms with Crippen LogP contribution in [0, 0.1) is 17.8 Å². The number of hydrogen-bond donors (Lipinski definition) is 0. The van der Waals surface area contributed by atoms with E-state index in [0.29, 0.717) is 11.4 Å². The molecule has 1 aliphatic carbocycles. The van der Waals surface area contributed by atoms with Crippen molar-refractivity contribution < 1.29 is 19.1 Å². The number of hydrogen-bond acceptors (Lipinski definition) is 4. The highest BCUT2D eigenvalue weighted by Crippen LogP contribution is 2.55. The van der Waals surface area contributed by atoms with Crippen molar-refractivity contribution in [2.75, 3.05) is 4.90 Å². The Bertz CT molecular complexity index is 1660. The van der Waals surface area contributed by atoms with E-state index >= 15 is 0 Å². The fourth-order valence-electron chi connectivity index (χ4n) is 6.20. The summed E-state index contributed by atoms with van der Waals surface area (Å²) in [6, 6.07) is 28.5. The van der Waals surface area contributed by atoms with Gasteiger partial charge in [-0.3, -0.25) is 14.4 Å². The van der Waals surface area contributed by atoms with Crippen LogP contribution in [0.5, 0.6) is 5.75 Å². The third-order valence-electron chi connectivity index (χ3n) is 7.73. The van der Waals surface area contributed by atoms with E-state index in [2.05, 4.69) is 15.9 Å². The van der Waals surface area contributed by atoms with E-state index in [0.717, 1.165) is 31.9 Å². The summed E-state index contributed by atoms with van der Waals surface area (Å²) in [6.07, 6.45) is 2.03. The summed E-state index contributed by atoms with van der Waals surface area (Å²) < 4.78 is 6.59. The maximum Gasteiger partial charge on any atom is 0.319 e. The highest BCUT2D eigenvalue weighted by Gasteiger charge is 2.60. The van der Waals surface area contributed by atoms with Gasteiger partial charge in [-0.05, 0) is 46.2 Å². The zero-order chi connectivity index (χ0) is 25.3. The summed E-state index contributed by atoms with van der Waals surface area (Å²) in [6.45, 7) is 0. The summed E-state index contributed by atoms with van der Waals surface area (Å²) in [4.78, 5) is 42.8. The summed E-state index contributed by atoms with van der Waals surface area (Å²) in [5, 5.41) is 1.97. The van der Waals surface area contributed by atoms with E-state index < -0.39 is 23.7 Å². The second-order valence-corrected chi connectivity index (χ2v) is 10.6. The van der Waals surface area contributed by atoms with Gasteiger partial charge in [0.2, 0.25) is 11.8 Å². The average molecular weight is 550 g/mol. The molecule has 2 amide bonds. The van der Waals surface area contributed by atoms with Crippen LogP contribution in [0.4, 0.5) is 5.69 Å². The highest BCUT2D eigenvalue weighted by molar-refractivity contribution is 9.10. The monoisotopic (exact) mass is 549 g/mol. The Labute approximate surface area is 221 Å². The summed E-state index contributed by atoms with van der Waals surface area (Å²) in [5.74, 6) is -3.49. The molecule has 37 heavy (non-hydrogen) atoms. The molecular weight excluding hydrogens is 530 g/mol. The number of benzene rings is 4. The van der Waals surface area contributed by atoms with Gasteiger partial charge in [-0.1, -0.05) is 88.7 Å². The lowest BCUT2D eigenvalue weighted by molar-refractivity contribution is -0.142. The van der Waals surface area contributed by atoms with Crippen molar-refractivity contribution in [3.63, 3.8) is 0 Å². The molecule has 4 aromatic rings. The first kappa shape index (κ1) is 22.2. The number of anilines is 1. The Morgan fingerprint density at radius 3 is 2.32 bits per heavy atom. The molecule has 0 N–H and O–H groups in total. The number of esters is 1. The number of imide groups is 1. The molecule has 0 unspecified atom stereocenters. The van der Waals surface area contributed by atoms with Crippen LogP contribution in [-0.2, 0) is 14.4 Å². The second kappa shape index (κ2) is 8.25. The molecule has 0 radical (unpaired) electrons. The van der Waals surface area contributed by atoms with Crippen molar-refractivity contribution in [3.8, 4) is 5.75 Å². The van der Waals surface area contributed by atoms with Gasteiger partial charge in [0.05, 0.1) is 23.4 Å². The van der Waals surface area contributed by atoms with Crippen LogP contribution in [-0.4, -0.2) is 17.8 Å². The predicted molar refractivity (Wildman–Crippen MR) is 144 cm³/mol. The number of ether oxygens (including phenoxy) is 1. The van der Waals surface area contributed by atoms with Crippen molar-refractivity contribution in [1.29, 1.82) is 0 Å². The molecule has 5 nitrogen and oxygen atoms in total. The molecule has 0 spiro atoms. The fourth-order valence-corrected chi connectivity index (χ4v) is 6.59. The molecule has 1 fully saturated rings. The number of rotatable bonds is 2. The lowest BCUT2D eigenvalue weighted by Gasteiger charge is -2.38. The summed E-state index contributed by atoms with van der Waals surface area (Å²) in [5.41, 5.74) is 3.00. The number of halogens is 1. The quantitative estimate of drug-likeness (QED) is 0.171. The van der Waals surface area contributed by atoms with Crippen LogP contribution in [0.15, 0.2) is 102 Å². The zero-order valence-corrected chi connectivity index (χ0v) is 21.1. The van der Waals surface area contributed by atoms with E-state index in [1.165, 1.54) is 4.90 Å². The lowest BCUT2D eigenvalue weighted by Crippen LogP contribution is -2.42. The van der Waals surface area contributed by atoms with Crippen LogP contribution in [0.1, 0.15) is 17.0 Å². The standard InChI is InChI=1S/C31H20BrNO4/c32-19-10-6-11-20(15-19)33-29(34)26-22(17-7-2-1-3-8-17)16-23-25-21-12-5-4-9-18(21)13-14-24(25)37-31(36)27(23)28(26)30(33)35/h1-16,22,26-28H/t22-,26+,27-,28+/m1/s1. The zero-order valence-electron chi connectivity index (χ0n) is 19.5. The minimum Gasteiger partial charge on any atom is -0.425 e. The smallest absolute Gasteiger partial charge is 0.319 e. The molecule has 7 rings (SSSR count). The number of amides is 2. The normalized spacial score (nSPS) is 24.3. The Morgan fingerprint density at radius 1 is 0.757 bits per heavy atom. The summed E-state index contributed by atoms with van der Waals surface area (Å²) in [7, 11) is 0. The molecule has 2 aliphatic heterocycles. The van der Waals surface area contributed by atoms with Gasteiger partial charge < -0.3 is 4.74 Å². The molecule has 4 atom stereocenters. The molecule has 3 aliphatic rings. The minimum atomic E-state index is -0.865. The average Bonchev–Trinajstić information content (AvgIpc) is 3.18. The number of allylic oxidation sites excluding steroid dienone is 1. The third-order valence-corrected chi connectivity index (χ3v) is 8.23. The fraction of sp³-hybridized carbons (Fsp3) is 0.129. The van der Waals surface area contributed by atoms with Crippen LogP contribution >= 0.6 is 15.9 Å². The van der Waals surface area contributed by atoms with E-state index in [1.807, 2.05) is 78.9 Å². The molecule has 6 heteroatoms. The first-order chi connectivity index (χ1) is 18.0. The maximum atomic E-state index is 14.1. The van der Waals surface area contributed by atoms with Crippen LogP contribution < -0.4 is 9.64 Å². The summed E-state index contributed by atoms with van der Waals surface area (Å²) >= 11 is 3.45. The van der Waals surface area contributed by atoms with Gasteiger partial charge in [0, 0.05) is 16.0 Å². The highest BCUT2D eigenvalue weighted by atomic mass is 79.9. The van der Waals surface area contributed by atoms with Gasteiger partial charge >= 0.3 is 5.97 Å². The van der Waals surface area contributed by atoms with Gasteiger partial charge in [-0.25, -0.2) is 4.90 Å². The van der Waals surface area contributed by atoms with Crippen LogP contribution in [0.3, 0.4) is 0 Å². The Kier molecular flexibility index (Phi) is 4.95. The van der Waals surface area contributed by atoms with E-state index in [1.54, 1.807) is 18.2 Å². The molecule has 4 aromatic carbocycles. The molecule has 0 saturated carbocycles. The minimum absolute atomic E-state index is 0.297. The molecule has 2 heterocycles. The van der Waals surface area contributed by atoms with E-state index in [4.69, 9.17) is 4.74 Å². The first-order valence-corrected chi connectivity index (χ1v) is 13.0. The van der Waals surface area contributed by atoms with Crippen LogP contribution in [0.25, 0.3) is 16.3 Å². The maximum absolute atomic E-state index is 14.1. The number of nitrogens with zero attached hydrogens (tertiary/aromatic N) is 1. The lowest BCUT2D eigenvalue weighted by atomic mass is 9.64. The Morgan fingerprint density at radius 2 is 1.51 bits per heavy atom. The Balaban J connectivity index is 1.48. The van der Waals surface area contributed by atoms with Crippen molar-refractivity contribution in [1.82, 2.24) is 0 Å². The number of fused-ring (bicyclic) bond motifs is 7. The van der Waals surface area contributed by atoms with E-state index in [9.17, 15) is 14.4 Å². The van der Waals surface area contributed by atoms with Crippen molar-refractivity contribution in [2.24, 2.45) is 17.8 Å². The molecule has 1 saturated heterocycles. The number of carbonyl (C=O) groups excluding carboxylic acids is 3. The number of carbonyl (C=O) groups is 3. The van der Waals surface area contributed by atoms with Gasteiger partial charge in [0.1, 0.15) is 5.75 Å².